The molecule has 1 aromatic heterocycles. The third-order valence-electron chi connectivity index (χ3n) is 1.93. The van der Waals surface area contributed by atoms with Gasteiger partial charge in [0.05, 0.1) is 24.7 Å². The molecule has 12 heavy (non-hydrogen) atoms. The molecule has 62 valence electrons. The van der Waals surface area contributed by atoms with Gasteiger partial charge < -0.3 is 0 Å². The van der Waals surface area contributed by atoms with E-state index in [1.807, 2.05) is 22.6 Å². The molecule has 1 aromatic rings. The third kappa shape index (κ3) is 1.32. The van der Waals surface area contributed by atoms with Gasteiger partial charge in [0.2, 0.25) is 0 Å². The zero-order valence-electron chi connectivity index (χ0n) is 6.60. The van der Waals surface area contributed by atoms with Gasteiger partial charge in [-0.3, -0.25) is 4.68 Å². The Bertz CT molecular complexity index is 308. The van der Waals surface area contributed by atoms with Crippen LogP contribution in [0.1, 0.15) is 11.6 Å². The number of nitriles is 1. The Morgan fingerprint density at radius 3 is 3.17 bits per heavy atom. The van der Waals surface area contributed by atoms with E-state index in [1.54, 1.807) is 6.20 Å². The second-order valence-corrected chi connectivity index (χ2v) is 3.93. The van der Waals surface area contributed by atoms with E-state index in [9.17, 15) is 0 Å². The number of hydrogen-bond acceptors (Lipinski definition) is 3. The molecule has 0 unspecified atom stereocenters. The number of rotatable bonds is 2. The maximum atomic E-state index is 8.45. The summed E-state index contributed by atoms with van der Waals surface area (Å²) in [6, 6.07) is 2.69. The molecular weight excluding hydrogens is 170 g/mol. The fourth-order valence-electron chi connectivity index (χ4n) is 1.14. The lowest BCUT2D eigenvalue weighted by Gasteiger charge is -2.24. The van der Waals surface area contributed by atoms with Crippen LogP contribution in [0.5, 0.6) is 0 Å². The van der Waals surface area contributed by atoms with E-state index in [4.69, 9.17) is 5.26 Å². The molecule has 0 amide bonds. The Morgan fingerprint density at radius 1 is 1.75 bits per heavy atom. The first-order chi connectivity index (χ1) is 5.90. The van der Waals surface area contributed by atoms with Crippen LogP contribution in [0.2, 0.25) is 0 Å². The quantitative estimate of drug-likeness (QED) is 0.685. The topological polar surface area (TPSA) is 41.6 Å². The molecule has 1 fully saturated rings. The van der Waals surface area contributed by atoms with Crippen LogP contribution in [0.3, 0.4) is 0 Å². The molecule has 2 rings (SSSR count). The summed E-state index contributed by atoms with van der Waals surface area (Å²) in [6.07, 6.45) is 4.24. The van der Waals surface area contributed by atoms with Crippen molar-refractivity contribution in [3.05, 3.63) is 18.0 Å². The van der Waals surface area contributed by atoms with Crippen LogP contribution in [0.15, 0.2) is 12.4 Å². The normalized spacial score (nSPS) is 16.9. The maximum absolute atomic E-state index is 8.45. The first-order valence-electron chi connectivity index (χ1n) is 3.88. The van der Waals surface area contributed by atoms with Crippen LogP contribution < -0.4 is 0 Å². The predicted octanol–water partition coefficient (Wildman–Crippen LogP) is 1.24. The van der Waals surface area contributed by atoms with Crippen LogP contribution in [-0.4, -0.2) is 21.3 Å². The molecule has 0 spiro atoms. The summed E-state index contributed by atoms with van der Waals surface area (Å²) in [6.45, 7) is 0. The summed E-state index contributed by atoms with van der Waals surface area (Å²) in [7, 11) is 0. The van der Waals surface area contributed by atoms with E-state index in [1.165, 1.54) is 0 Å². The Balaban J connectivity index is 2.08. The summed E-state index contributed by atoms with van der Waals surface area (Å²) in [5.74, 6) is 2.32. The number of thioether (sulfide) groups is 1. The lowest BCUT2D eigenvalue weighted by molar-refractivity contribution is 0.526. The molecule has 1 aliphatic rings. The molecule has 0 bridgehead atoms. The van der Waals surface area contributed by atoms with Gasteiger partial charge in [0.15, 0.2) is 0 Å². The largest absolute Gasteiger partial charge is 0.268 e. The van der Waals surface area contributed by atoms with Gasteiger partial charge in [-0.1, -0.05) is 0 Å². The lowest BCUT2D eigenvalue weighted by atomic mass is 10.3. The summed E-state index contributed by atoms with van der Waals surface area (Å²) in [5.41, 5.74) is 1.02. The Morgan fingerprint density at radius 2 is 2.58 bits per heavy atom. The van der Waals surface area contributed by atoms with Crippen molar-refractivity contribution in [2.24, 2.45) is 0 Å². The molecule has 4 heteroatoms. The zero-order valence-corrected chi connectivity index (χ0v) is 7.42. The molecule has 0 aliphatic carbocycles. The Labute approximate surface area is 75.4 Å². The van der Waals surface area contributed by atoms with Gasteiger partial charge >= 0.3 is 0 Å². The van der Waals surface area contributed by atoms with Gasteiger partial charge in [-0.2, -0.15) is 22.1 Å². The second kappa shape index (κ2) is 3.20. The van der Waals surface area contributed by atoms with E-state index >= 15 is 0 Å². The molecule has 0 N–H and O–H groups in total. The van der Waals surface area contributed by atoms with Crippen molar-refractivity contribution in [3.8, 4) is 6.07 Å². The highest BCUT2D eigenvalue weighted by Gasteiger charge is 2.20. The third-order valence-corrected chi connectivity index (χ3v) is 3.17. The molecule has 0 aromatic carbocycles. The first-order valence-corrected chi connectivity index (χ1v) is 5.03. The van der Waals surface area contributed by atoms with Gasteiger partial charge in [-0.05, 0) is 0 Å². The maximum Gasteiger partial charge on any atom is 0.0699 e. The highest BCUT2D eigenvalue weighted by atomic mass is 32.2. The molecule has 0 saturated carbocycles. The minimum absolute atomic E-state index is 0.472. The van der Waals surface area contributed by atoms with Gasteiger partial charge in [0.1, 0.15) is 0 Å². The summed E-state index contributed by atoms with van der Waals surface area (Å²) in [4.78, 5) is 0. The van der Waals surface area contributed by atoms with Crippen LogP contribution in [0.4, 0.5) is 0 Å². The standard InChI is InChI=1S/C8H9N3S/c9-2-1-7-3-10-11(4-7)8-5-12-6-8/h3-4,8H,1,5-6H2. The monoisotopic (exact) mass is 179 g/mol. The molecule has 0 radical (unpaired) electrons. The van der Waals surface area contributed by atoms with Crippen LogP contribution in [0, 0.1) is 11.3 Å². The molecular formula is C8H9N3S. The Kier molecular flexibility index (Phi) is 2.05. The predicted molar refractivity (Wildman–Crippen MR) is 47.9 cm³/mol. The molecule has 2 heterocycles. The zero-order chi connectivity index (χ0) is 8.39. The molecule has 1 aliphatic heterocycles. The van der Waals surface area contributed by atoms with Crippen LogP contribution >= 0.6 is 11.8 Å². The number of aromatic nitrogens is 2. The van der Waals surface area contributed by atoms with E-state index in [0.717, 1.165) is 17.1 Å². The fraction of sp³-hybridized carbons (Fsp3) is 0.500. The highest BCUT2D eigenvalue weighted by Crippen LogP contribution is 2.28. The molecule has 1 saturated heterocycles. The van der Waals surface area contributed by atoms with Crippen molar-refractivity contribution < 1.29 is 0 Å². The van der Waals surface area contributed by atoms with Gasteiger partial charge in [-0.15, -0.1) is 0 Å². The SMILES string of the molecule is N#CCc1cnn(C2CSC2)c1. The first kappa shape index (κ1) is 7.69. The minimum Gasteiger partial charge on any atom is -0.268 e. The fourth-order valence-corrected chi connectivity index (χ4v) is 1.89. The number of nitrogens with zero attached hydrogens (tertiary/aromatic N) is 3. The summed E-state index contributed by atoms with van der Waals surface area (Å²) in [5, 5.41) is 12.7. The highest BCUT2D eigenvalue weighted by molar-refractivity contribution is 8.00. The number of hydrogen-bond donors (Lipinski definition) is 0. The molecule has 0 atom stereocenters. The van der Waals surface area contributed by atoms with Crippen molar-refractivity contribution in [1.29, 1.82) is 5.26 Å². The lowest BCUT2D eigenvalue weighted by Crippen LogP contribution is -2.22. The minimum atomic E-state index is 0.472. The van der Waals surface area contributed by atoms with Crippen LogP contribution in [-0.2, 0) is 6.42 Å². The van der Waals surface area contributed by atoms with E-state index in [0.29, 0.717) is 12.5 Å². The van der Waals surface area contributed by atoms with Gasteiger partial charge in [-0.25, -0.2) is 0 Å². The smallest absolute Gasteiger partial charge is 0.0699 e. The average Bonchev–Trinajstić information content (AvgIpc) is 2.34. The van der Waals surface area contributed by atoms with Crippen LogP contribution in [0.25, 0.3) is 0 Å². The molecule has 3 nitrogen and oxygen atoms in total. The van der Waals surface area contributed by atoms with Crippen molar-refractivity contribution in [2.75, 3.05) is 11.5 Å². The summed E-state index contributed by atoms with van der Waals surface area (Å²) >= 11 is 1.94. The second-order valence-electron chi connectivity index (χ2n) is 2.85. The van der Waals surface area contributed by atoms with E-state index in [-0.39, 0.29) is 0 Å². The van der Waals surface area contributed by atoms with Crippen molar-refractivity contribution in [3.63, 3.8) is 0 Å². The van der Waals surface area contributed by atoms with Crippen molar-refractivity contribution in [1.82, 2.24) is 9.78 Å². The average molecular weight is 179 g/mol. The van der Waals surface area contributed by atoms with E-state index < -0.39 is 0 Å². The Hall–Kier alpha value is -0.950. The van der Waals surface area contributed by atoms with E-state index in [2.05, 4.69) is 11.2 Å². The summed E-state index contributed by atoms with van der Waals surface area (Å²) < 4.78 is 1.98. The van der Waals surface area contributed by atoms with Crippen molar-refractivity contribution in [2.45, 2.75) is 12.5 Å². The van der Waals surface area contributed by atoms with Crippen molar-refractivity contribution >= 4 is 11.8 Å². The van der Waals surface area contributed by atoms with Gasteiger partial charge in [0.25, 0.3) is 0 Å². The van der Waals surface area contributed by atoms with Gasteiger partial charge in [0, 0.05) is 23.3 Å².